The van der Waals surface area contributed by atoms with Crippen LogP contribution in [0.2, 0.25) is 0 Å². The van der Waals surface area contributed by atoms with Gasteiger partial charge in [-0.2, -0.15) is 0 Å². The molecular weight excluding hydrogens is 300 g/mol. The molecule has 1 aromatic rings. The number of amides is 1. The van der Waals surface area contributed by atoms with E-state index in [2.05, 4.69) is 0 Å². The molecular formula is C15H22N4O4. The molecule has 126 valence electrons. The summed E-state index contributed by atoms with van der Waals surface area (Å²) < 4.78 is 5.51. The lowest BCUT2D eigenvalue weighted by molar-refractivity contribution is -0.385. The largest absolute Gasteiger partial charge is 0.485 e. The van der Waals surface area contributed by atoms with Crippen molar-refractivity contribution in [2.24, 2.45) is 5.73 Å². The minimum Gasteiger partial charge on any atom is -0.485 e. The summed E-state index contributed by atoms with van der Waals surface area (Å²) in [5, 5.41) is 11.1. The van der Waals surface area contributed by atoms with Gasteiger partial charge in [-0.15, -0.1) is 0 Å². The lowest BCUT2D eigenvalue weighted by Crippen LogP contribution is -2.31. The highest BCUT2D eigenvalue weighted by atomic mass is 16.6. The quantitative estimate of drug-likeness (QED) is 0.611. The molecule has 8 heteroatoms. The highest BCUT2D eigenvalue weighted by molar-refractivity contribution is 5.95. The van der Waals surface area contributed by atoms with Crippen molar-refractivity contribution >= 4 is 11.6 Å². The Labute approximate surface area is 134 Å². The number of nitrogens with two attached hydrogens (primary N) is 1. The lowest BCUT2D eigenvalue weighted by atomic mass is 10.1. The van der Waals surface area contributed by atoms with Gasteiger partial charge in [0.2, 0.25) is 0 Å². The molecule has 0 radical (unpaired) electrons. The van der Waals surface area contributed by atoms with Gasteiger partial charge in [-0.3, -0.25) is 14.9 Å². The number of carbonyl (C=O) groups excluding carboxylic acids is 1. The van der Waals surface area contributed by atoms with E-state index < -0.39 is 4.92 Å². The fourth-order valence-corrected chi connectivity index (χ4v) is 2.41. The second-order valence-corrected chi connectivity index (χ2v) is 5.89. The summed E-state index contributed by atoms with van der Waals surface area (Å²) in [4.78, 5) is 26.6. The molecule has 1 saturated heterocycles. The summed E-state index contributed by atoms with van der Waals surface area (Å²) in [7, 11) is 3.77. The maximum atomic E-state index is 12.4. The SMILES string of the molecule is CN(C)CCOc1cc(C(=O)N2CC[C@H](N)C2)ccc1[N+](=O)[O-]. The Morgan fingerprint density at radius 1 is 1.52 bits per heavy atom. The van der Waals surface area contributed by atoms with Gasteiger partial charge in [0.25, 0.3) is 5.91 Å². The fraction of sp³-hybridized carbons (Fsp3) is 0.533. The molecule has 0 saturated carbocycles. The number of nitro benzene ring substituents is 1. The number of carbonyl (C=O) groups is 1. The van der Waals surface area contributed by atoms with Crippen molar-refractivity contribution in [2.75, 3.05) is 40.3 Å². The Balaban J connectivity index is 2.17. The van der Waals surface area contributed by atoms with Crippen LogP contribution in [-0.2, 0) is 0 Å². The first kappa shape index (κ1) is 17.2. The molecule has 23 heavy (non-hydrogen) atoms. The fourth-order valence-electron chi connectivity index (χ4n) is 2.41. The van der Waals surface area contributed by atoms with Gasteiger partial charge in [-0.1, -0.05) is 0 Å². The highest BCUT2D eigenvalue weighted by Gasteiger charge is 2.26. The Morgan fingerprint density at radius 2 is 2.26 bits per heavy atom. The highest BCUT2D eigenvalue weighted by Crippen LogP contribution is 2.29. The van der Waals surface area contributed by atoms with Gasteiger partial charge in [0.15, 0.2) is 5.75 Å². The van der Waals surface area contributed by atoms with Crippen molar-refractivity contribution in [2.45, 2.75) is 12.5 Å². The van der Waals surface area contributed by atoms with E-state index in [0.29, 0.717) is 31.8 Å². The average molecular weight is 322 g/mol. The van der Waals surface area contributed by atoms with Crippen LogP contribution in [0.15, 0.2) is 18.2 Å². The van der Waals surface area contributed by atoms with Crippen molar-refractivity contribution < 1.29 is 14.5 Å². The van der Waals surface area contributed by atoms with Crippen molar-refractivity contribution in [3.05, 3.63) is 33.9 Å². The third-order valence-corrected chi connectivity index (χ3v) is 3.71. The second kappa shape index (κ2) is 7.38. The zero-order valence-corrected chi connectivity index (χ0v) is 13.4. The summed E-state index contributed by atoms with van der Waals surface area (Å²) in [5.41, 5.74) is 6.06. The van der Waals surface area contributed by atoms with Gasteiger partial charge in [0, 0.05) is 43.4 Å². The maximum Gasteiger partial charge on any atom is 0.310 e. The van der Waals surface area contributed by atoms with Crippen molar-refractivity contribution in [3.8, 4) is 5.75 Å². The summed E-state index contributed by atoms with van der Waals surface area (Å²) >= 11 is 0. The Bertz CT molecular complexity index is 591. The Hall–Kier alpha value is -2.19. The zero-order valence-electron chi connectivity index (χ0n) is 13.4. The van der Waals surface area contributed by atoms with E-state index >= 15 is 0 Å². The van der Waals surface area contributed by atoms with Crippen molar-refractivity contribution in [1.82, 2.24) is 9.80 Å². The first-order chi connectivity index (χ1) is 10.9. The van der Waals surface area contributed by atoms with Gasteiger partial charge >= 0.3 is 5.69 Å². The minimum atomic E-state index is -0.509. The topological polar surface area (TPSA) is 102 Å². The summed E-state index contributed by atoms with van der Waals surface area (Å²) in [6, 6.07) is 4.21. The predicted octanol–water partition coefficient (Wildman–Crippen LogP) is 0.708. The second-order valence-electron chi connectivity index (χ2n) is 5.89. The van der Waals surface area contributed by atoms with Crippen LogP contribution in [-0.4, -0.2) is 67.0 Å². The number of hydrogen-bond donors (Lipinski definition) is 1. The maximum absolute atomic E-state index is 12.4. The van der Waals surface area contributed by atoms with Gasteiger partial charge in [-0.05, 0) is 26.6 Å². The molecule has 1 aliphatic heterocycles. The van der Waals surface area contributed by atoms with Crippen LogP contribution >= 0.6 is 0 Å². The van der Waals surface area contributed by atoms with Gasteiger partial charge < -0.3 is 20.3 Å². The van der Waals surface area contributed by atoms with Crippen LogP contribution in [0.3, 0.4) is 0 Å². The standard InChI is InChI=1S/C15H22N4O4/c1-17(2)7-8-23-14-9-11(3-4-13(14)19(21)22)15(20)18-6-5-12(16)10-18/h3-4,9,12H,5-8,10,16H2,1-2H3/t12-/m0/s1. The molecule has 1 aliphatic rings. The normalized spacial score (nSPS) is 17.6. The molecule has 1 atom stereocenters. The van der Waals surface area contributed by atoms with E-state index in [4.69, 9.17) is 10.5 Å². The summed E-state index contributed by atoms with van der Waals surface area (Å²) in [6.07, 6.45) is 0.769. The Morgan fingerprint density at radius 3 is 2.83 bits per heavy atom. The molecule has 0 spiro atoms. The van der Waals surface area contributed by atoms with Crippen LogP contribution in [0, 0.1) is 10.1 Å². The van der Waals surface area contributed by atoms with E-state index in [9.17, 15) is 14.9 Å². The van der Waals surface area contributed by atoms with E-state index in [0.717, 1.165) is 6.42 Å². The van der Waals surface area contributed by atoms with E-state index in [1.54, 1.807) is 4.90 Å². The number of hydrogen-bond acceptors (Lipinski definition) is 6. The summed E-state index contributed by atoms with van der Waals surface area (Å²) in [5.74, 6) is -0.0588. The molecule has 0 aliphatic carbocycles. The number of ether oxygens (including phenoxy) is 1. The van der Waals surface area contributed by atoms with Crippen LogP contribution < -0.4 is 10.5 Å². The number of rotatable bonds is 6. The van der Waals surface area contributed by atoms with Gasteiger partial charge in [0.1, 0.15) is 6.61 Å². The molecule has 0 bridgehead atoms. The number of likely N-dealkylation sites (N-methyl/N-ethyl adjacent to an activating group) is 1. The molecule has 1 amide bonds. The third-order valence-electron chi connectivity index (χ3n) is 3.71. The predicted molar refractivity (Wildman–Crippen MR) is 85.6 cm³/mol. The molecule has 1 aromatic carbocycles. The molecule has 2 rings (SSSR count). The van der Waals surface area contributed by atoms with E-state index in [-0.39, 0.29) is 23.4 Å². The van der Waals surface area contributed by atoms with E-state index in [1.165, 1.54) is 18.2 Å². The minimum absolute atomic E-state index is 0.00666. The smallest absolute Gasteiger partial charge is 0.310 e. The first-order valence-corrected chi connectivity index (χ1v) is 7.49. The Kier molecular flexibility index (Phi) is 5.51. The number of likely N-dealkylation sites (tertiary alicyclic amines) is 1. The lowest BCUT2D eigenvalue weighted by Gasteiger charge is -2.16. The number of nitrogens with zero attached hydrogens (tertiary/aromatic N) is 3. The van der Waals surface area contributed by atoms with Crippen LogP contribution in [0.4, 0.5) is 5.69 Å². The number of benzene rings is 1. The molecule has 8 nitrogen and oxygen atoms in total. The molecule has 1 heterocycles. The number of nitro groups is 1. The summed E-state index contributed by atoms with van der Waals surface area (Å²) in [6.45, 7) is 2.04. The van der Waals surface area contributed by atoms with Crippen LogP contribution in [0.5, 0.6) is 5.75 Å². The molecule has 1 fully saturated rings. The molecule has 0 unspecified atom stereocenters. The average Bonchev–Trinajstić information content (AvgIpc) is 2.92. The van der Waals surface area contributed by atoms with Crippen LogP contribution in [0.1, 0.15) is 16.8 Å². The van der Waals surface area contributed by atoms with Gasteiger partial charge in [-0.25, -0.2) is 0 Å². The van der Waals surface area contributed by atoms with Crippen molar-refractivity contribution in [3.63, 3.8) is 0 Å². The zero-order chi connectivity index (χ0) is 17.0. The monoisotopic (exact) mass is 322 g/mol. The molecule has 0 aromatic heterocycles. The van der Waals surface area contributed by atoms with Crippen molar-refractivity contribution in [1.29, 1.82) is 0 Å². The first-order valence-electron chi connectivity index (χ1n) is 7.49. The van der Waals surface area contributed by atoms with Gasteiger partial charge in [0.05, 0.1) is 4.92 Å². The third kappa shape index (κ3) is 4.40. The van der Waals surface area contributed by atoms with Crippen LogP contribution in [0.25, 0.3) is 0 Å². The van der Waals surface area contributed by atoms with E-state index in [1.807, 2.05) is 19.0 Å². The molecule has 2 N–H and O–H groups in total.